The summed E-state index contributed by atoms with van der Waals surface area (Å²) in [4.78, 5) is 0. The molecule has 0 aromatic carbocycles. The molecule has 0 saturated carbocycles. The summed E-state index contributed by atoms with van der Waals surface area (Å²) in [6.07, 6.45) is 8.92. The second-order valence-electron chi connectivity index (χ2n) is 4.77. The van der Waals surface area contributed by atoms with Gasteiger partial charge in [-0.05, 0) is 37.3 Å². The summed E-state index contributed by atoms with van der Waals surface area (Å²) in [5, 5.41) is 0. The molecule has 3 nitrogen and oxygen atoms in total. The van der Waals surface area contributed by atoms with Gasteiger partial charge in [0, 0.05) is 12.0 Å². The Morgan fingerprint density at radius 2 is 2.40 bits per heavy atom. The van der Waals surface area contributed by atoms with Gasteiger partial charge in [0.05, 0.1) is 24.7 Å². The topological polar surface area (TPSA) is 48.4 Å². The van der Waals surface area contributed by atoms with E-state index in [4.69, 9.17) is 14.9 Å². The molecule has 1 aromatic rings. The molecule has 2 saturated heterocycles. The van der Waals surface area contributed by atoms with Crippen LogP contribution in [-0.4, -0.2) is 18.2 Å². The summed E-state index contributed by atoms with van der Waals surface area (Å²) < 4.78 is 10.9. The second kappa shape index (κ2) is 3.65. The first-order chi connectivity index (χ1) is 7.33. The van der Waals surface area contributed by atoms with Gasteiger partial charge in [-0.2, -0.15) is 0 Å². The third-order valence-electron chi connectivity index (χ3n) is 3.75. The minimum absolute atomic E-state index is 0.220. The fourth-order valence-corrected chi connectivity index (χ4v) is 2.96. The maximum absolute atomic E-state index is 6.24. The first kappa shape index (κ1) is 9.43. The van der Waals surface area contributed by atoms with Crippen LogP contribution in [-0.2, 0) is 11.2 Å². The van der Waals surface area contributed by atoms with Crippen LogP contribution in [0.15, 0.2) is 23.0 Å². The van der Waals surface area contributed by atoms with Crippen molar-refractivity contribution in [3.63, 3.8) is 0 Å². The van der Waals surface area contributed by atoms with Crippen molar-refractivity contribution in [1.29, 1.82) is 0 Å². The van der Waals surface area contributed by atoms with Crippen LogP contribution in [0.1, 0.15) is 24.8 Å². The zero-order valence-electron chi connectivity index (χ0n) is 8.76. The van der Waals surface area contributed by atoms with E-state index in [-0.39, 0.29) is 6.04 Å². The Hall–Kier alpha value is -0.800. The van der Waals surface area contributed by atoms with Crippen LogP contribution in [0.5, 0.6) is 0 Å². The van der Waals surface area contributed by atoms with E-state index in [2.05, 4.69) is 0 Å². The molecule has 1 aromatic heterocycles. The molecule has 0 amide bonds. The molecule has 3 rings (SSSR count). The Kier molecular flexibility index (Phi) is 2.29. The van der Waals surface area contributed by atoms with E-state index in [1.54, 1.807) is 12.5 Å². The SMILES string of the molecule is NC(Cc1ccoc1)C1CC2CCC1O2. The molecular weight excluding hydrogens is 190 g/mol. The maximum atomic E-state index is 6.24. The monoisotopic (exact) mass is 207 g/mol. The van der Waals surface area contributed by atoms with Crippen LogP contribution >= 0.6 is 0 Å². The van der Waals surface area contributed by atoms with Crippen molar-refractivity contribution in [1.82, 2.24) is 0 Å². The molecule has 2 bridgehead atoms. The van der Waals surface area contributed by atoms with Crippen LogP contribution in [0.3, 0.4) is 0 Å². The minimum Gasteiger partial charge on any atom is -0.472 e. The third kappa shape index (κ3) is 1.70. The summed E-state index contributed by atoms with van der Waals surface area (Å²) in [6.45, 7) is 0. The van der Waals surface area contributed by atoms with E-state index < -0.39 is 0 Å². The molecule has 0 radical (unpaired) electrons. The van der Waals surface area contributed by atoms with E-state index >= 15 is 0 Å². The molecule has 2 aliphatic heterocycles. The van der Waals surface area contributed by atoms with Crippen molar-refractivity contribution in [3.8, 4) is 0 Å². The molecule has 15 heavy (non-hydrogen) atoms. The predicted octanol–water partition coefficient (Wildman–Crippen LogP) is 1.72. The van der Waals surface area contributed by atoms with Crippen LogP contribution < -0.4 is 5.73 Å². The normalized spacial score (nSPS) is 35.9. The number of fused-ring (bicyclic) bond motifs is 2. The Bertz CT molecular complexity index is 322. The van der Waals surface area contributed by atoms with E-state index in [0.717, 1.165) is 12.8 Å². The molecular formula is C12H17NO2. The predicted molar refractivity (Wildman–Crippen MR) is 56.4 cm³/mol. The Morgan fingerprint density at radius 1 is 1.47 bits per heavy atom. The van der Waals surface area contributed by atoms with Crippen LogP contribution in [0.2, 0.25) is 0 Å². The highest BCUT2D eigenvalue weighted by atomic mass is 16.5. The molecule has 2 N–H and O–H groups in total. The number of hydrogen-bond acceptors (Lipinski definition) is 3. The molecule has 3 heterocycles. The largest absolute Gasteiger partial charge is 0.472 e. The second-order valence-corrected chi connectivity index (χ2v) is 4.77. The van der Waals surface area contributed by atoms with E-state index in [0.29, 0.717) is 18.1 Å². The molecule has 2 fully saturated rings. The van der Waals surface area contributed by atoms with Gasteiger partial charge in [0.2, 0.25) is 0 Å². The third-order valence-corrected chi connectivity index (χ3v) is 3.75. The van der Waals surface area contributed by atoms with Crippen molar-refractivity contribution >= 4 is 0 Å². The molecule has 4 atom stereocenters. The quantitative estimate of drug-likeness (QED) is 0.821. The summed E-state index contributed by atoms with van der Waals surface area (Å²) in [5.41, 5.74) is 7.43. The molecule has 0 spiro atoms. The average molecular weight is 207 g/mol. The minimum atomic E-state index is 0.220. The first-order valence-corrected chi connectivity index (χ1v) is 5.75. The van der Waals surface area contributed by atoms with Crippen molar-refractivity contribution in [3.05, 3.63) is 24.2 Å². The van der Waals surface area contributed by atoms with Crippen molar-refractivity contribution < 1.29 is 9.15 Å². The zero-order valence-corrected chi connectivity index (χ0v) is 8.76. The Labute approximate surface area is 89.6 Å². The standard InChI is InChI=1S/C12H17NO2/c13-11(5-8-3-4-14-7-8)10-6-9-1-2-12(10)15-9/h3-4,7,9-12H,1-2,5-6,13H2. The average Bonchev–Trinajstić information content (AvgIpc) is 2.93. The summed E-state index contributed by atoms with van der Waals surface area (Å²) in [5.74, 6) is 0.554. The van der Waals surface area contributed by atoms with Gasteiger partial charge in [0.25, 0.3) is 0 Å². The van der Waals surface area contributed by atoms with Gasteiger partial charge in [0.15, 0.2) is 0 Å². The van der Waals surface area contributed by atoms with Gasteiger partial charge in [-0.15, -0.1) is 0 Å². The first-order valence-electron chi connectivity index (χ1n) is 5.75. The van der Waals surface area contributed by atoms with Gasteiger partial charge in [0.1, 0.15) is 0 Å². The van der Waals surface area contributed by atoms with E-state index in [1.807, 2.05) is 6.07 Å². The van der Waals surface area contributed by atoms with Gasteiger partial charge >= 0.3 is 0 Å². The number of rotatable bonds is 3. The number of ether oxygens (including phenoxy) is 1. The van der Waals surface area contributed by atoms with Crippen molar-refractivity contribution in [2.45, 2.75) is 43.9 Å². The van der Waals surface area contributed by atoms with Crippen molar-refractivity contribution in [2.75, 3.05) is 0 Å². The van der Waals surface area contributed by atoms with E-state index in [9.17, 15) is 0 Å². The van der Waals surface area contributed by atoms with Gasteiger partial charge in [-0.25, -0.2) is 0 Å². The highest BCUT2D eigenvalue weighted by Crippen LogP contribution is 2.40. The summed E-state index contributed by atoms with van der Waals surface area (Å²) in [7, 11) is 0. The summed E-state index contributed by atoms with van der Waals surface area (Å²) >= 11 is 0. The lowest BCUT2D eigenvalue weighted by Crippen LogP contribution is -2.37. The molecule has 4 unspecified atom stereocenters. The lowest BCUT2D eigenvalue weighted by Gasteiger charge is -2.24. The number of hydrogen-bond donors (Lipinski definition) is 1. The van der Waals surface area contributed by atoms with Crippen LogP contribution in [0, 0.1) is 5.92 Å². The Balaban J connectivity index is 1.63. The van der Waals surface area contributed by atoms with Gasteiger partial charge in [-0.1, -0.05) is 0 Å². The van der Waals surface area contributed by atoms with Crippen molar-refractivity contribution in [2.24, 2.45) is 11.7 Å². The van der Waals surface area contributed by atoms with Gasteiger partial charge in [-0.3, -0.25) is 0 Å². The molecule has 3 heteroatoms. The molecule has 2 aliphatic rings. The zero-order chi connectivity index (χ0) is 10.3. The highest BCUT2D eigenvalue weighted by molar-refractivity contribution is 5.09. The lowest BCUT2D eigenvalue weighted by atomic mass is 9.82. The smallest absolute Gasteiger partial charge is 0.0935 e. The molecule has 0 aliphatic carbocycles. The summed E-state index contributed by atoms with van der Waals surface area (Å²) in [6, 6.07) is 2.21. The number of nitrogens with two attached hydrogens (primary N) is 1. The number of furan rings is 1. The van der Waals surface area contributed by atoms with Gasteiger partial charge < -0.3 is 14.9 Å². The maximum Gasteiger partial charge on any atom is 0.0935 e. The lowest BCUT2D eigenvalue weighted by molar-refractivity contribution is 0.0885. The fourth-order valence-electron chi connectivity index (χ4n) is 2.96. The highest BCUT2D eigenvalue weighted by Gasteiger charge is 2.43. The van der Waals surface area contributed by atoms with Crippen LogP contribution in [0.25, 0.3) is 0 Å². The van der Waals surface area contributed by atoms with E-state index in [1.165, 1.54) is 18.4 Å². The Morgan fingerprint density at radius 3 is 3.00 bits per heavy atom. The fraction of sp³-hybridized carbons (Fsp3) is 0.667. The molecule has 82 valence electrons. The van der Waals surface area contributed by atoms with Crippen LogP contribution in [0.4, 0.5) is 0 Å².